The summed E-state index contributed by atoms with van der Waals surface area (Å²) < 4.78 is 10.8. The smallest absolute Gasteiger partial charge is 0.331 e. The molecule has 0 radical (unpaired) electrons. The lowest BCUT2D eigenvalue weighted by Crippen LogP contribution is -2.61. The summed E-state index contributed by atoms with van der Waals surface area (Å²) in [5.74, 6) is -1.49. The van der Waals surface area contributed by atoms with E-state index in [0.29, 0.717) is 10.6 Å². The summed E-state index contributed by atoms with van der Waals surface area (Å²) in [5.41, 5.74) is -3.07. The van der Waals surface area contributed by atoms with Gasteiger partial charge in [-0.05, 0) is 43.0 Å². The summed E-state index contributed by atoms with van der Waals surface area (Å²) in [5, 5.41) is 12.0. The number of rotatable bonds is 8. The molecule has 146 valence electrons. The Hall–Kier alpha value is -2.41. The molecule has 0 aromatic heterocycles. The third-order valence-electron chi connectivity index (χ3n) is 4.53. The highest BCUT2D eigenvalue weighted by Gasteiger charge is 2.65. The number of carbonyl (C=O) groups excluding carboxylic acids is 2. The molecule has 2 atom stereocenters. The van der Waals surface area contributed by atoms with Crippen molar-refractivity contribution in [1.82, 2.24) is 0 Å². The fourth-order valence-electron chi connectivity index (χ4n) is 3.58. The molecule has 2 rings (SSSR count). The summed E-state index contributed by atoms with van der Waals surface area (Å²) in [6, 6.07) is 6.14. The first-order valence-electron chi connectivity index (χ1n) is 8.64. The van der Waals surface area contributed by atoms with E-state index in [1.807, 2.05) is 13.8 Å². The Balaban J connectivity index is 2.80. The van der Waals surface area contributed by atoms with Crippen LogP contribution in [0, 0.1) is 16.0 Å². The zero-order valence-electron chi connectivity index (χ0n) is 15.4. The van der Waals surface area contributed by atoms with Crippen molar-refractivity contribution in [1.29, 1.82) is 0 Å². The summed E-state index contributed by atoms with van der Waals surface area (Å²) >= 11 is 5.96. The molecule has 1 aliphatic heterocycles. The molecule has 8 heteroatoms. The van der Waals surface area contributed by atoms with Gasteiger partial charge in [-0.1, -0.05) is 37.6 Å². The van der Waals surface area contributed by atoms with Gasteiger partial charge in [0.1, 0.15) is 0 Å². The van der Waals surface area contributed by atoms with Crippen molar-refractivity contribution in [3.05, 3.63) is 57.1 Å². The topological polar surface area (TPSA) is 95.7 Å². The van der Waals surface area contributed by atoms with Gasteiger partial charge >= 0.3 is 11.9 Å². The lowest BCUT2D eigenvalue weighted by Gasteiger charge is -2.43. The van der Waals surface area contributed by atoms with Gasteiger partial charge in [-0.15, -0.1) is 0 Å². The van der Waals surface area contributed by atoms with E-state index < -0.39 is 34.4 Å². The predicted molar refractivity (Wildman–Crippen MR) is 99.0 cm³/mol. The van der Waals surface area contributed by atoms with Gasteiger partial charge in [0.15, 0.2) is 11.0 Å². The van der Waals surface area contributed by atoms with Crippen LogP contribution in [0.4, 0.5) is 0 Å². The number of carbonyl (C=O) groups is 2. The van der Waals surface area contributed by atoms with Crippen LogP contribution < -0.4 is 0 Å². The van der Waals surface area contributed by atoms with E-state index in [4.69, 9.17) is 21.1 Å². The number of ether oxygens (including phenoxy) is 2. The first kappa shape index (κ1) is 20.9. The number of halogens is 1. The van der Waals surface area contributed by atoms with Gasteiger partial charge in [0.2, 0.25) is 6.54 Å². The van der Waals surface area contributed by atoms with E-state index in [9.17, 15) is 19.7 Å². The van der Waals surface area contributed by atoms with Gasteiger partial charge in [-0.25, -0.2) is 4.79 Å². The van der Waals surface area contributed by atoms with Gasteiger partial charge in [0, 0.05) is 16.0 Å². The third-order valence-corrected chi connectivity index (χ3v) is 4.78. The molecule has 7 nitrogen and oxygen atoms in total. The Morgan fingerprint density at radius 1 is 1.37 bits per heavy atom. The Bertz CT molecular complexity index is 760. The van der Waals surface area contributed by atoms with Gasteiger partial charge in [-0.3, -0.25) is 14.9 Å². The minimum atomic E-state index is -1.84. The Morgan fingerprint density at radius 2 is 2.00 bits per heavy atom. The second-order valence-corrected chi connectivity index (χ2v) is 7.30. The van der Waals surface area contributed by atoms with E-state index in [-0.39, 0.29) is 18.9 Å². The number of esters is 2. The van der Waals surface area contributed by atoms with Crippen LogP contribution in [0.25, 0.3) is 0 Å². The van der Waals surface area contributed by atoms with Crippen LogP contribution in [0.2, 0.25) is 5.02 Å². The van der Waals surface area contributed by atoms with Crippen LogP contribution in [-0.4, -0.2) is 35.6 Å². The zero-order valence-corrected chi connectivity index (χ0v) is 16.2. The van der Waals surface area contributed by atoms with Crippen LogP contribution in [0.5, 0.6) is 0 Å². The number of nitrogens with zero attached hydrogens (tertiary/aromatic N) is 1. The summed E-state index contributed by atoms with van der Waals surface area (Å²) in [6.07, 6.45) is 2.86. The van der Waals surface area contributed by atoms with Gasteiger partial charge in [-0.2, -0.15) is 0 Å². The maximum Gasteiger partial charge on any atom is 0.331 e. The van der Waals surface area contributed by atoms with E-state index in [0.717, 1.165) is 0 Å². The summed E-state index contributed by atoms with van der Waals surface area (Å²) in [7, 11) is 0. The molecule has 0 saturated carbocycles. The normalized spacial score (nSPS) is 21.0. The zero-order chi connectivity index (χ0) is 20.2. The fourth-order valence-corrected chi connectivity index (χ4v) is 3.70. The molecule has 27 heavy (non-hydrogen) atoms. The van der Waals surface area contributed by atoms with Crippen LogP contribution >= 0.6 is 11.6 Å². The van der Waals surface area contributed by atoms with Crippen LogP contribution in [0.15, 0.2) is 36.4 Å². The van der Waals surface area contributed by atoms with Crippen molar-refractivity contribution >= 4 is 23.5 Å². The van der Waals surface area contributed by atoms with Crippen molar-refractivity contribution in [3.8, 4) is 0 Å². The van der Waals surface area contributed by atoms with E-state index in [1.165, 1.54) is 36.4 Å². The largest absolute Gasteiger partial charge is 0.465 e. The van der Waals surface area contributed by atoms with Crippen molar-refractivity contribution in [2.75, 3.05) is 13.2 Å². The second-order valence-electron chi connectivity index (χ2n) is 6.87. The first-order valence-corrected chi connectivity index (χ1v) is 9.02. The highest BCUT2D eigenvalue weighted by Crippen LogP contribution is 2.47. The van der Waals surface area contributed by atoms with Crippen molar-refractivity contribution in [2.45, 2.75) is 38.2 Å². The van der Waals surface area contributed by atoms with Crippen LogP contribution in [0.1, 0.15) is 32.8 Å². The Kier molecular flexibility index (Phi) is 6.26. The Morgan fingerprint density at radius 3 is 2.44 bits per heavy atom. The maximum absolute atomic E-state index is 13.2. The molecular formula is C19H22ClNO6. The number of cyclic esters (lactones) is 1. The van der Waals surface area contributed by atoms with E-state index in [2.05, 4.69) is 0 Å². The van der Waals surface area contributed by atoms with Crippen LogP contribution in [-0.2, 0) is 24.5 Å². The fraction of sp³-hybridized carbons (Fsp3) is 0.474. The molecular weight excluding hydrogens is 374 g/mol. The lowest BCUT2D eigenvalue weighted by atomic mass is 9.64. The first-order chi connectivity index (χ1) is 12.7. The SMILES string of the molecule is CCOC(=O)[C@@](C[N+](=O)[O-])(c1ccc(Cl)cc1)[C@@]1(CC(C)C)C=CC(=O)O1. The molecule has 0 fully saturated rings. The molecule has 1 heterocycles. The number of hydrogen-bond acceptors (Lipinski definition) is 6. The van der Waals surface area contributed by atoms with Gasteiger partial charge in [0.05, 0.1) is 6.61 Å². The molecule has 0 saturated heterocycles. The van der Waals surface area contributed by atoms with Gasteiger partial charge < -0.3 is 9.47 Å². The van der Waals surface area contributed by atoms with Crippen molar-refractivity contribution in [3.63, 3.8) is 0 Å². The molecule has 0 aliphatic carbocycles. The maximum atomic E-state index is 13.2. The standard InChI is InChI=1S/C19H22ClNO6/c1-4-26-17(23)19(12-21(24)25,14-5-7-15(20)8-6-14)18(11-13(2)3)10-9-16(22)27-18/h5-10,13H,4,11-12H2,1-3H3/t18-,19+/m0/s1. The molecule has 0 spiro atoms. The third kappa shape index (κ3) is 3.98. The summed E-state index contributed by atoms with van der Waals surface area (Å²) in [4.78, 5) is 36.2. The lowest BCUT2D eigenvalue weighted by molar-refractivity contribution is -0.492. The molecule has 1 aromatic rings. The monoisotopic (exact) mass is 395 g/mol. The average Bonchev–Trinajstić information content (AvgIpc) is 2.94. The molecule has 1 aromatic carbocycles. The second kappa shape index (κ2) is 8.08. The van der Waals surface area contributed by atoms with E-state index >= 15 is 0 Å². The number of benzene rings is 1. The molecule has 0 N–H and O–H groups in total. The van der Waals surface area contributed by atoms with Crippen LogP contribution in [0.3, 0.4) is 0 Å². The predicted octanol–water partition coefficient (Wildman–Crippen LogP) is 3.32. The number of nitro groups is 1. The number of hydrogen-bond donors (Lipinski definition) is 0. The molecule has 0 unspecified atom stereocenters. The highest BCUT2D eigenvalue weighted by atomic mass is 35.5. The molecule has 0 bridgehead atoms. The average molecular weight is 396 g/mol. The quantitative estimate of drug-likeness (QED) is 0.380. The van der Waals surface area contributed by atoms with Crippen molar-refractivity contribution in [2.24, 2.45) is 5.92 Å². The minimum absolute atomic E-state index is 0.0200. The highest BCUT2D eigenvalue weighted by molar-refractivity contribution is 6.30. The minimum Gasteiger partial charge on any atom is -0.465 e. The molecule has 0 amide bonds. The molecule has 1 aliphatic rings. The van der Waals surface area contributed by atoms with Gasteiger partial charge in [0.25, 0.3) is 0 Å². The Labute approximate surface area is 162 Å². The van der Waals surface area contributed by atoms with Crippen molar-refractivity contribution < 1.29 is 24.0 Å². The van der Waals surface area contributed by atoms with E-state index in [1.54, 1.807) is 6.92 Å². The summed E-state index contributed by atoms with van der Waals surface area (Å²) in [6.45, 7) is 4.61.